The van der Waals surface area contributed by atoms with Crippen molar-refractivity contribution >= 4 is 11.4 Å². The summed E-state index contributed by atoms with van der Waals surface area (Å²) in [6.45, 7) is 4.84. The summed E-state index contributed by atoms with van der Waals surface area (Å²) in [6.07, 6.45) is 0. The van der Waals surface area contributed by atoms with E-state index in [0.717, 1.165) is 16.9 Å². The monoisotopic (exact) mass is 208 g/mol. The highest BCUT2D eigenvalue weighted by atomic mass is 16.5. The molecule has 0 aromatic heterocycles. The van der Waals surface area contributed by atoms with Gasteiger partial charge in [0.05, 0.1) is 18.0 Å². The molecule has 0 amide bonds. The Balaban J connectivity index is 2.90. The molecule has 3 nitrogen and oxygen atoms in total. The van der Waals surface area contributed by atoms with Crippen LogP contribution in [0.5, 0.6) is 0 Å². The van der Waals surface area contributed by atoms with Crippen molar-refractivity contribution in [1.29, 1.82) is 0 Å². The molecule has 0 bridgehead atoms. The number of nitrogens with two attached hydrogens (primary N) is 1. The Bertz CT molecular complexity index is 325. The molecule has 1 atom stereocenters. The average Bonchev–Trinajstić information content (AvgIpc) is 2.21. The van der Waals surface area contributed by atoms with Crippen LogP contribution in [0.25, 0.3) is 0 Å². The Morgan fingerprint density at radius 1 is 1.47 bits per heavy atom. The number of para-hydroxylation sites is 1. The molecule has 0 fully saturated rings. The third-order valence-corrected chi connectivity index (χ3v) is 2.75. The maximum atomic E-state index is 6.03. The van der Waals surface area contributed by atoms with Crippen LogP contribution in [0.1, 0.15) is 12.5 Å². The molecule has 1 aromatic rings. The maximum Gasteiger partial charge on any atom is 0.0663 e. The lowest BCUT2D eigenvalue weighted by Crippen LogP contribution is -2.33. The molecule has 2 N–H and O–H groups in total. The summed E-state index contributed by atoms with van der Waals surface area (Å²) in [6, 6.07) is 6.40. The van der Waals surface area contributed by atoms with E-state index in [2.05, 4.69) is 11.8 Å². The van der Waals surface area contributed by atoms with E-state index in [1.54, 1.807) is 7.11 Å². The van der Waals surface area contributed by atoms with Crippen molar-refractivity contribution < 1.29 is 4.74 Å². The number of benzene rings is 1. The first-order valence-corrected chi connectivity index (χ1v) is 5.14. The quantitative estimate of drug-likeness (QED) is 0.770. The van der Waals surface area contributed by atoms with Crippen molar-refractivity contribution in [2.45, 2.75) is 19.9 Å². The molecule has 0 spiro atoms. The lowest BCUT2D eigenvalue weighted by atomic mass is 10.1. The van der Waals surface area contributed by atoms with Gasteiger partial charge in [-0.15, -0.1) is 0 Å². The summed E-state index contributed by atoms with van der Waals surface area (Å²) in [5, 5.41) is 0. The highest BCUT2D eigenvalue weighted by Gasteiger charge is 2.12. The molecular formula is C12H20N2O. The second kappa shape index (κ2) is 5.03. The molecule has 3 heteroatoms. The number of hydrogen-bond donors (Lipinski definition) is 1. The van der Waals surface area contributed by atoms with E-state index in [0.29, 0.717) is 12.6 Å². The minimum absolute atomic E-state index is 0.319. The number of nitrogen functional groups attached to an aromatic ring is 1. The van der Waals surface area contributed by atoms with Crippen LogP contribution in [0, 0.1) is 6.92 Å². The summed E-state index contributed by atoms with van der Waals surface area (Å²) >= 11 is 0. The van der Waals surface area contributed by atoms with E-state index in [-0.39, 0.29) is 0 Å². The molecular weight excluding hydrogens is 188 g/mol. The molecule has 0 heterocycles. The van der Waals surface area contributed by atoms with Crippen molar-refractivity contribution in [3.8, 4) is 0 Å². The van der Waals surface area contributed by atoms with Crippen LogP contribution in [0.15, 0.2) is 18.2 Å². The van der Waals surface area contributed by atoms with Crippen LogP contribution in [-0.2, 0) is 4.74 Å². The Morgan fingerprint density at radius 2 is 2.13 bits per heavy atom. The van der Waals surface area contributed by atoms with E-state index >= 15 is 0 Å². The van der Waals surface area contributed by atoms with Crippen molar-refractivity contribution in [3.63, 3.8) is 0 Å². The first-order valence-electron chi connectivity index (χ1n) is 5.14. The van der Waals surface area contributed by atoms with E-state index in [4.69, 9.17) is 10.5 Å². The van der Waals surface area contributed by atoms with Gasteiger partial charge in [0.15, 0.2) is 0 Å². The lowest BCUT2D eigenvalue weighted by Gasteiger charge is -2.28. The average molecular weight is 208 g/mol. The fraction of sp³-hybridized carbons (Fsp3) is 0.500. The molecule has 0 aliphatic carbocycles. The number of ether oxygens (including phenoxy) is 1. The maximum absolute atomic E-state index is 6.03. The molecule has 15 heavy (non-hydrogen) atoms. The van der Waals surface area contributed by atoms with Crippen molar-refractivity contribution in [2.24, 2.45) is 0 Å². The lowest BCUT2D eigenvalue weighted by molar-refractivity contribution is 0.183. The number of rotatable bonds is 4. The number of likely N-dealkylation sites (N-methyl/N-ethyl adjacent to an activating group) is 1. The summed E-state index contributed by atoms with van der Waals surface area (Å²) < 4.78 is 5.13. The third kappa shape index (κ3) is 2.63. The predicted molar refractivity (Wildman–Crippen MR) is 65.3 cm³/mol. The Labute approximate surface area is 91.8 Å². The van der Waals surface area contributed by atoms with E-state index < -0.39 is 0 Å². The molecule has 0 radical (unpaired) electrons. The number of anilines is 2. The highest BCUT2D eigenvalue weighted by Crippen LogP contribution is 2.26. The smallest absolute Gasteiger partial charge is 0.0663 e. The standard InChI is InChI=1S/C12H20N2O/c1-9-6-5-7-11(12(9)13)14(3)10(2)8-15-4/h5-7,10H,8,13H2,1-4H3. The van der Waals surface area contributed by atoms with Crippen LogP contribution < -0.4 is 10.6 Å². The van der Waals surface area contributed by atoms with Gasteiger partial charge in [-0.1, -0.05) is 12.1 Å². The van der Waals surface area contributed by atoms with Gasteiger partial charge in [-0.3, -0.25) is 0 Å². The zero-order valence-corrected chi connectivity index (χ0v) is 9.95. The topological polar surface area (TPSA) is 38.5 Å². The normalized spacial score (nSPS) is 12.5. The SMILES string of the molecule is COCC(C)N(C)c1cccc(C)c1N. The summed E-state index contributed by atoms with van der Waals surface area (Å²) in [4.78, 5) is 2.14. The molecule has 1 aromatic carbocycles. The number of nitrogens with zero attached hydrogens (tertiary/aromatic N) is 1. The van der Waals surface area contributed by atoms with E-state index in [1.165, 1.54) is 0 Å². The second-order valence-corrected chi connectivity index (χ2v) is 3.92. The second-order valence-electron chi connectivity index (χ2n) is 3.92. The predicted octanol–water partition coefficient (Wildman–Crippen LogP) is 2.05. The van der Waals surface area contributed by atoms with Gasteiger partial charge in [0.1, 0.15) is 0 Å². The molecule has 1 rings (SSSR count). The largest absolute Gasteiger partial charge is 0.397 e. The zero-order valence-electron chi connectivity index (χ0n) is 9.95. The van der Waals surface area contributed by atoms with Crippen LogP contribution in [0.2, 0.25) is 0 Å². The van der Waals surface area contributed by atoms with Crippen molar-refractivity contribution in [2.75, 3.05) is 31.4 Å². The molecule has 0 saturated carbocycles. The minimum atomic E-state index is 0.319. The molecule has 0 aliphatic rings. The van der Waals surface area contributed by atoms with Crippen LogP contribution in [0.3, 0.4) is 0 Å². The van der Waals surface area contributed by atoms with Gasteiger partial charge in [-0.05, 0) is 25.5 Å². The zero-order chi connectivity index (χ0) is 11.4. The molecule has 1 unspecified atom stereocenters. The van der Waals surface area contributed by atoms with E-state index in [9.17, 15) is 0 Å². The number of hydrogen-bond acceptors (Lipinski definition) is 3. The highest BCUT2D eigenvalue weighted by molar-refractivity contribution is 5.70. The first kappa shape index (κ1) is 11.9. The van der Waals surface area contributed by atoms with Gasteiger partial charge < -0.3 is 15.4 Å². The van der Waals surface area contributed by atoms with Gasteiger partial charge in [0, 0.05) is 20.2 Å². The van der Waals surface area contributed by atoms with Gasteiger partial charge in [0.25, 0.3) is 0 Å². The van der Waals surface area contributed by atoms with Crippen LogP contribution in [0.4, 0.5) is 11.4 Å². The first-order chi connectivity index (χ1) is 7.07. The summed E-state index contributed by atoms with van der Waals surface area (Å²) in [7, 11) is 3.75. The number of aryl methyl sites for hydroxylation is 1. The van der Waals surface area contributed by atoms with Gasteiger partial charge in [-0.25, -0.2) is 0 Å². The van der Waals surface area contributed by atoms with E-state index in [1.807, 2.05) is 32.2 Å². The third-order valence-electron chi connectivity index (χ3n) is 2.75. The van der Waals surface area contributed by atoms with Gasteiger partial charge in [-0.2, -0.15) is 0 Å². The molecule has 84 valence electrons. The number of methoxy groups -OCH3 is 1. The molecule has 0 aliphatic heterocycles. The minimum Gasteiger partial charge on any atom is -0.397 e. The summed E-state index contributed by atoms with van der Waals surface area (Å²) in [5.74, 6) is 0. The summed E-state index contributed by atoms with van der Waals surface area (Å²) in [5.41, 5.74) is 9.07. The molecule has 0 saturated heterocycles. The fourth-order valence-electron chi connectivity index (χ4n) is 1.56. The van der Waals surface area contributed by atoms with Gasteiger partial charge >= 0.3 is 0 Å². The van der Waals surface area contributed by atoms with Gasteiger partial charge in [0.2, 0.25) is 0 Å². The Kier molecular flexibility index (Phi) is 3.97. The van der Waals surface area contributed by atoms with Crippen LogP contribution in [-0.4, -0.2) is 26.8 Å². The Morgan fingerprint density at radius 3 is 2.73 bits per heavy atom. The van der Waals surface area contributed by atoms with Crippen LogP contribution >= 0.6 is 0 Å². The van der Waals surface area contributed by atoms with Crippen molar-refractivity contribution in [3.05, 3.63) is 23.8 Å². The fourth-order valence-corrected chi connectivity index (χ4v) is 1.56. The Hall–Kier alpha value is -1.22. The van der Waals surface area contributed by atoms with Crippen molar-refractivity contribution in [1.82, 2.24) is 0 Å².